The molecule has 3 heteroatoms. The second-order valence-electron chi connectivity index (χ2n) is 5.95. The first-order valence-electron chi connectivity index (χ1n) is 7.56. The molecule has 1 fully saturated rings. The zero-order valence-corrected chi connectivity index (χ0v) is 12.2. The van der Waals surface area contributed by atoms with Gasteiger partial charge in [0, 0.05) is 13.1 Å². The standard InChI is InChI=1S/C16H25N3/c1-13-10-15-16(11-14(13)2)19(12-17-15)9-8-18-6-4-3-5-7-18/h10-11,17H,3-9,12H2,1-2H3. The molecule has 0 bridgehead atoms. The first kappa shape index (κ1) is 12.8. The third kappa shape index (κ3) is 2.71. The first-order chi connectivity index (χ1) is 9.24. The molecule has 1 aromatic carbocycles. The van der Waals surface area contributed by atoms with E-state index in [9.17, 15) is 0 Å². The molecule has 0 atom stereocenters. The van der Waals surface area contributed by atoms with Crippen LogP contribution >= 0.6 is 0 Å². The molecule has 0 amide bonds. The van der Waals surface area contributed by atoms with E-state index < -0.39 is 0 Å². The largest absolute Gasteiger partial charge is 0.366 e. The summed E-state index contributed by atoms with van der Waals surface area (Å²) in [5, 5.41) is 3.51. The van der Waals surface area contributed by atoms with Crippen LogP contribution in [0.15, 0.2) is 12.1 Å². The number of hydrogen-bond acceptors (Lipinski definition) is 3. The molecule has 1 aromatic rings. The summed E-state index contributed by atoms with van der Waals surface area (Å²) in [5.41, 5.74) is 5.47. The molecule has 1 N–H and O–H groups in total. The Morgan fingerprint density at radius 3 is 2.53 bits per heavy atom. The summed E-state index contributed by atoms with van der Waals surface area (Å²) in [7, 11) is 0. The molecule has 3 nitrogen and oxygen atoms in total. The number of piperidine rings is 1. The van der Waals surface area contributed by atoms with Gasteiger partial charge in [0.15, 0.2) is 0 Å². The van der Waals surface area contributed by atoms with Gasteiger partial charge in [-0.3, -0.25) is 0 Å². The summed E-state index contributed by atoms with van der Waals surface area (Å²) < 4.78 is 0. The van der Waals surface area contributed by atoms with Crippen molar-refractivity contribution in [3.05, 3.63) is 23.3 Å². The monoisotopic (exact) mass is 259 g/mol. The summed E-state index contributed by atoms with van der Waals surface area (Å²) in [5.74, 6) is 0. The van der Waals surface area contributed by atoms with E-state index in [1.54, 1.807) is 0 Å². The van der Waals surface area contributed by atoms with Crippen molar-refractivity contribution in [2.75, 3.05) is 43.1 Å². The highest BCUT2D eigenvalue weighted by Gasteiger charge is 2.20. The van der Waals surface area contributed by atoms with Crippen molar-refractivity contribution in [2.24, 2.45) is 0 Å². The first-order valence-corrected chi connectivity index (χ1v) is 7.56. The Balaban J connectivity index is 1.63. The minimum absolute atomic E-state index is 0.964. The lowest BCUT2D eigenvalue weighted by Crippen LogP contribution is -2.37. The van der Waals surface area contributed by atoms with Crippen LogP contribution in [0.3, 0.4) is 0 Å². The Labute approximate surface area is 116 Å². The number of nitrogens with zero attached hydrogens (tertiary/aromatic N) is 2. The highest BCUT2D eigenvalue weighted by Crippen LogP contribution is 2.33. The zero-order valence-electron chi connectivity index (χ0n) is 12.2. The van der Waals surface area contributed by atoms with E-state index in [0.717, 1.165) is 13.2 Å². The van der Waals surface area contributed by atoms with Crippen molar-refractivity contribution in [1.82, 2.24) is 4.90 Å². The van der Waals surface area contributed by atoms with Gasteiger partial charge in [-0.05, 0) is 63.0 Å². The van der Waals surface area contributed by atoms with Gasteiger partial charge in [0.05, 0.1) is 18.0 Å². The average Bonchev–Trinajstić information content (AvgIpc) is 2.80. The van der Waals surface area contributed by atoms with Gasteiger partial charge in [-0.2, -0.15) is 0 Å². The van der Waals surface area contributed by atoms with Crippen LogP contribution in [0.2, 0.25) is 0 Å². The molecule has 2 heterocycles. The van der Waals surface area contributed by atoms with Crippen LogP contribution < -0.4 is 10.2 Å². The summed E-state index contributed by atoms with van der Waals surface area (Å²) in [6.07, 6.45) is 4.18. The minimum atomic E-state index is 0.964. The van der Waals surface area contributed by atoms with Gasteiger partial charge in [0.1, 0.15) is 0 Å². The van der Waals surface area contributed by atoms with Crippen LogP contribution in [-0.2, 0) is 0 Å². The topological polar surface area (TPSA) is 18.5 Å². The number of fused-ring (bicyclic) bond motifs is 1. The van der Waals surface area contributed by atoms with E-state index in [1.807, 2.05) is 0 Å². The maximum absolute atomic E-state index is 3.51. The number of anilines is 2. The molecule has 0 unspecified atom stereocenters. The molecule has 0 radical (unpaired) electrons. The molecule has 0 saturated carbocycles. The average molecular weight is 259 g/mol. The van der Waals surface area contributed by atoms with Gasteiger partial charge in [0.25, 0.3) is 0 Å². The van der Waals surface area contributed by atoms with Gasteiger partial charge < -0.3 is 15.1 Å². The fraction of sp³-hybridized carbons (Fsp3) is 0.625. The lowest BCUT2D eigenvalue weighted by atomic mass is 10.1. The number of nitrogens with one attached hydrogen (secondary N) is 1. The molecule has 1 saturated heterocycles. The Morgan fingerprint density at radius 2 is 1.74 bits per heavy atom. The summed E-state index contributed by atoms with van der Waals surface area (Å²) >= 11 is 0. The third-order valence-corrected chi connectivity index (χ3v) is 4.55. The van der Waals surface area contributed by atoms with Gasteiger partial charge >= 0.3 is 0 Å². The fourth-order valence-electron chi connectivity index (χ4n) is 3.11. The molecule has 19 heavy (non-hydrogen) atoms. The maximum Gasteiger partial charge on any atom is 0.0878 e. The van der Waals surface area contributed by atoms with Crippen LogP contribution in [0.4, 0.5) is 11.4 Å². The van der Waals surface area contributed by atoms with Crippen molar-refractivity contribution in [3.63, 3.8) is 0 Å². The van der Waals surface area contributed by atoms with E-state index >= 15 is 0 Å². The molecule has 0 aliphatic carbocycles. The number of aryl methyl sites for hydroxylation is 2. The van der Waals surface area contributed by atoms with Crippen LogP contribution in [0.1, 0.15) is 30.4 Å². The highest BCUT2D eigenvalue weighted by molar-refractivity contribution is 5.76. The Hall–Kier alpha value is -1.22. The molecule has 104 valence electrons. The number of hydrogen-bond donors (Lipinski definition) is 1. The SMILES string of the molecule is Cc1cc2c(cc1C)N(CCN1CCCCC1)CN2. The predicted octanol–water partition coefficient (Wildman–Crippen LogP) is 2.98. The number of rotatable bonds is 3. The molecular weight excluding hydrogens is 234 g/mol. The van der Waals surface area contributed by atoms with Crippen molar-refractivity contribution in [3.8, 4) is 0 Å². The Bertz CT molecular complexity index is 450. The predicted molar refractivity (Wildman–Crippen MR) is 82.0 cm³/mol. The molecular formula is C16H25N3. The van der Waals surface area contributed by atoms with Crippen molar-refractivity contribution >= 4 is 11.4 Å². The van der Waals surface area contributed by atoms with Crippen LogP contribution in [0, 0.1) is 13.8 Å². The molecule has 2 aliphatic rings. The molecule has 2 aliphatic heterocycles. The Morgan fingerprint density at radius 1 is 1.00 bits per heavy atom. The summed E-state index contributed by atoms with van der Waals surface area (Å²) in [6, 6.07) is 4.62. The Kier molecular flexibility index (Phi) is 3.65. The van der Waals surface area contributed by atoms with Gasteiger partial charge in [-0.25, -0.2) is 0 Å². The minimum Gasteiger partial charge on any atom is -0.366 e. The summed E-state index contributed by atoms with van der Waals surface area (Å²) in [4.78, 5) is 5.10. The lowest BCUT2D eigenvalue weighted by molar-refractivity contribution is 0.233. The van der Waals surface area contributed by atoms with E-state index in [0.29, 0.717) is 0 Å². The van der Waals surface area contributed by atoms with Crippen LogP contribution in [-0.4, -0.2) is 37.7 Å². The van der Waals surface area contributed by atoms with E-state index in [-0.39, 0.29) is 0 Å². The number of benzene rings is 1. The van der Waals surface area contributed by atoms with Gasteiger partial charge in [-0.1, -0.05) is 6.42 Å². The zero-order chi connectivity index (χ0) is 13.2. The van der Waals surface area contributed by atoms with E-state index in [2.05, 4.69) is 41.1 Å². The van der Waals surface area contributed by atoms with E-state index in [4.69, 9.17) is 0 Å². The lowest BCUT2D eigenvalue weighted by Gasteiger charge is -2.29. The van der Waals surface area contributed by atoms with Crippen LogP contribution in [0.5, 0.6) is 0 Å². The smallest absolute Gasteiger partial charge is 0.0878 e. The molecule has 0 spiro atoms. The third-order valence-electron chi connectivity index (χ3n) is 4.55. The van der Waals surface area contributed by atoms with Crippen molar-refractivity contribution in [2.45, 2.75) is 33.1 Å². The normalized spacial score (nSPS) is 19.4. The second kappa shape index (κ2) is 5.41. The number of likely N-dealkylation sites (tertiary alicyclic amines) is 1. The van der Waals surface area contributed by atoms with E-state index in [1.165, 1.54) is 61.4 Å². The highest BCUT2D eigenvalue weighted by atomic mass is 15.3. The fourth-order valence-corrected chi connectivity index (χ4v) is 3.11. The summed E-state index contributed by atoms with van der Waals surface area (Å²) in [6.45, 7) is 10.3. The van der Waals surface area contributed by atoms with Crippen molar-refractivity contribution < 1.29 is 0 Å². The molecule has 0 aromatic heterocycles. The molecule has 3 rings (SSSR count). The van der Waals surface area contributed by atoms with Crippen LogP contribution in [0.25, 0.3) is 0 Å². The van der Waals surface area contributed by atoms with Gasteiger partial charge in [0.2, 0.25) is 0 Å². The van der Waals surface area contributed by atoms with Crippen molar-refractivity contribution in [1.29, 1.82) is 0 Å². The van der Waals surface area contributed by atoms with Gasteiger partial charge in [-0.15, -0.1) is 0 Å². The quantitative estimate of drug-likeness (QED) is 0.900. The second-order valence-corrected chi connectivity index (χ2v) is 5.95. The maximum atomic E-state index is 3.51.